The second-order valence-electron chi connectivity index (χ2n) is 6.93. The van der Waals surface area contributed by atoms with Gasteiger partial charge in [-0.25, -0.2) is 0 Å². The molecule has 2 fully saturated rings. The fraction of sp³-hybridized carbons (Fsp3) is 0.647. The Hall–Kier alpha value is -0.860. The van der Waals surface area contributed by atoms with Gasteiger partial charge in [0.1, 0.15) is 0 Å². The molecule has 1 heterocycles. The molecule has 1 aliphatic carbocycles. The van der Waals surface area contributed by atoms with Gasteiger partial charge in [-0.15, -0.1) is 0 Å². The fourth-order valence-corrected chi connectivity index (χ4v) is 3.81. The molecular formula is C17H25NO. The quantitative estimate of drug-likeness (QED) is 0.882. The lowest BCUT2D eigenvalue weighted by Gasteiger charge is -2.31. The van der Waals surface area contributed by atoms with Crippen LogP contribution in [0.4, 0.5) is 0 Å². The van der Waals surface area contributed by atoms with Gasteiger partial charge in [0.05, 0.1) is 6.10 Å². The van der Waals surface area contributed by atoms with Crippen LogP contribution in [0.3, 0.4) is 0 Å². The van der Waals surface area contributed by atoms with Crippen molar-refractivity contribution in [1.82, 2.24) is 4.90 Å². The van der Waals surface area contributed by atoms with Crippen molar-refractivity contribution < 1.29 is 5.11 Å². The van der Waals surface area contributed by atoms with E-state index in [1.165, 1.54) is 12.0 Å². The van der Waals surface area contributed by atoms with E-state index < -0.39 is 0 Å². The minimum Gasteiger partial charge on any atom is -0.391 e. The van der Waals surface area contributed by atoms with Crippen molar-refractivity contribution in [2.75, 3.05) is 13.1 Å². The molecule has 1 aromatic rings. The van der Waals surface area contributed by atoms with E-state index in [1.807, 2.05) is 0 Å². The van der Waals surface area contributed by atoms with Crippen molar-refractivity contribution in [3.63, 3.8) is 0 Å². The van der Waals surface area contributed by atoms with Crippen LogP contribution in [-0.4, -0.2) is 35.2 Å². The lowest BCUT2D eigenvalue weighted by atomic mass is 9.88. The summed E-state index contributed by atoms with van der Waals surface area (Å²) in [6, 6.07) is 11.2. The van der Waals surface area contributed by atoms with Crippen LogP contribution in [0.25, 0.3) is 0 Å². The summed E-state index contributed by atoms with van der Waals surface area (Å²) in [5.74, 6) is 0.650. The van der Waals surface area contributed by atoms with Gasteiger partial charge in [0.25, 0.3) is 0 Å². The molecule has 1 saturated heterocycles. The van der Waals surface area contributed by atoms with Crippen molar-refractivity contribution in [3.8, 4) is 0 Å². The maximum absolute atomic E-state index is 10.5. The predicted molar refractivity (Wildman–Crippen MR) is 78.2 cm³/mol. The van der Waals surface area contributed by atoms with Crippen molar-refractivity contribution in [2.24, 2.45) is 5.41 Å². The van der Waals surface area contributed by atoms with Crippen LogP contribution < -0.4 is 0 Å². The first-order chi connectivity index (χ1) is 9.08. The molecule has 2 nitrogen and oxygen atoms in total. The third kappa shape index (κ3) is 2.44. The Balaban J connectivity index is 1.67. The zero-order chi connectivity index (χ0) is 13.5. The molecule has 0 bridgehead atoms. The summed E-state index contributed by atoms with van der Waals surface area (Å²) in [6.07, 6.45) is 3.36. The van der Waals surface area contributed by atoms with Gasteiger partial charge in [-0.1, -0.05) is 44.2 Å². The molecule has 1 aliphatic heterocycles. The third-order valence-corrected chi connectivity index (χ3v) is 5.21. The summed E-state index contributed by atoms with van der Waals surface area (Å²) < 4.78 is 0. The molecule has 2 heteroatoms. The van der Waals surface area contributed by atoms with Gasteiger partial charge in [-0.2, -0.15) is 0 Å². The number of benzene rings is 1. The van der Waals surface area contributed by atoms with Crippen LogP contribution in [0.5, 0.6) is 0 Å². The first-order valence-electron chi connectivity index (χ1n) is 7.55. The van der Waals surface area contributed by atoms with E-state index in [0.717, 1.165) is 25.9 Å². The molecule has 19 heavy (non-hydrogen) atoms. The van der Waals surface area contributed by atoms with E-state index in [0.29, 0.717) is 12.0 Å². The summed E-state index contributed by atoms with van der Waals surface area (Å²) in [6.45, 7) is 6.64. The van der Waals surface area contributed by atoms with Gasteiger partial charge in [-0.3, -0.25) is 4.90 Å². The van der Waals surface area contributed by atoms with Gasteiger partial charge < -0.3 is 5.11 Å². The highest BCUT2D eigenvalue weighted by Crippen LogP contribution is 2.42. The SMILES string of the molecule is CC1(C)CCC(N2CCC(c3ccccc3)C2)C1O. The maximum Gasteiger partial charge on any atom is 0.0746 e. The molecule has 1 N–H and O–H groups in total. The second kappa shape index (κ2) is 4.92. The molecule has 0 spiro atoms. The van der Waals surface area contributed by atoms with Gasteiger partial charge in [0.2, 0.25) is 0 Å². The second-order valence-corrected chi connectivity index (χ2v) is 6.93. The Morgan fingerprint density at radius 2 is 1.89 bits per heavy atom. The number of nitrogens with zero attached hydrogens (tertiary/aromatic N) is 1. The Morgan fingerprint density at radius 1 is 1.16 bits per heavy atom. The summed E-state index contributed by atoms with van der Waals surface area (Å²) in [4.78, 5) is 2.52. The van der Waals surface area contributed by atoms with Gasteiger partial charge in [0.15, 0.2) is 0 Å². The van der Waals surface area contributed by atoms with Crippen LogP contribution >= 0.6 is 0 Å². The Labute approximate surface area is 116 Å². The van der Waals surface area contributed by atoms with Crippen LogP contribution in [0, 0.1) is 5.41 Å². The van der Waals surface area contributed by atoms with Gasteiger partial charge in [-0.05, 0) is 42.7 Å². The number of aliphatic hydroxyl groups excluding tert-OH is 1. The molecule has 1 aromatic carbocycles. The standard InChI is InChI=1S/C17H25NO/c1-17(2)10-8-15(16(17)19)18-11-9-14(12-18)13-6-4-3-5-7-13/h3-7,14-16,19H,8-12H2,1-2H3. The van der Waals surface area contributed by atoms with Crippen molar-refractivity contribution in [1.29, 1.82) is 0 Å². The molecule has 0 radical (unpaired) electrons. The summed E-state index contributed by atoms with van der Waals surface area (Å²) in [7, 11) is 0. The number of hydrogen-bond donors (Lipinski definition) is 1. The van der Waals surface area contributed by atoms with Gasteiger partial charge >= 0.3 is 0 Å². The lowest BCUT2D eigenvalue weighted by molar-refractivity contribution is 0.0221. The zero-order valence-corrected chi connectivity index (χ0v) is 12.0. The molecular weight excluding hydrogens is 234 g/mol. The highest BCUT2D eigenvalue weighted by molar-refractivity contribution is 5.21. The maximum atomic E-state index is 10.5. The first-order valence-corrected chi connectivity index (χ1v) is 7.55. The van der Waals surface area contributed by atoms with E-state index in [4.69, 9.17) is 0 Å². The lowest BCUT2D eigenvalue weighted by Crippen LogP contribution is -2.42. The van der Waals surface area contributed by atoms with E-state index in [-0.39, 0.29) is 11.5 Å². The number of hydrogen-bond acceptors (Lipinski definition) is 2. The molecule has 0 amide bonds. The van der Waals surface area contributed by atoms with Gasteiger partial charge in [0, 0.05) is 12.6 Å². The predicted octanol–water partition coefficient (Wildman–Crippen LogP) is 3.03. The molecule has 3 atom stereocenters. The van der Waals surface area contributed by atoms with Crippen LogP contribution in [-0.2, 0) is 0 Å². The largest absolute Gasteiger partial charge is 0.391 e. The molecule has 104 valence electrons. The minimum atomic E-state index is -0.165. The van der Waals surface area contributed by atoms with Crippen LogP contribution in [0.1, 0.15) is 44.6 Å². The highest BCUT2D eigenvalue weighted by atomic mass is 16.3. The van der Waals surface area contributed by atoms with Crippen molar-refractivity contribution in [2.45, 2.75) is 51.2 Å². The minimum absolute atomic E-state index is 0.0928. The Kier molecular flexibility index (Phi) is 3.40. The monoisotopic (exact) mass is 259 g/mol. The molecule has 3 unspecified atom stereocenters. The van der Waals surface area contributed by atoms with E-state index >= 15 is 0 Å². The van der Waals surface area contributed by atoms with Crippen LogP contribution in [0.15, 0.2) is 30.3 Å². The van der Waals surface area contributed by atoms with E-state index in [2.05, 4.69) is 49.1 Å². The van der Waals surface area contributed by atoms with E-state index in [1.54, 1.807) is 0 Å². The topological polar surface area (TPSA) is 23.5 Å². The summed E-state index contributed by atoms with van der Waals surface area (Å²) in [5.41, 5.74) is 1.55. The Bertz CT molecular complexity index is 428. The average Bonchev–Trinajstić information content (AvgIpc) is 2.98. The van der Waals surface area contributed by atoms with Crippen molar-refractivity contribution >= 4 is 0 Å². The fourth-order valence-electron chi connectivity index (χ4n) is 3.81. The zero-order valence-electron chi connectivity index (χ0n) is 12.0. The van der Waals surface area contributed by atoms with Crippen molar-refractivity contribution in [3.05, 3.63) is 35.9 Å². The van der Waals surface area contributed by atoms with E-state index in [9.17, 15) is 5.11 Å². The Morgan fingerprint density at radius 3 is 2.53 bits per heavy atom. The van der Waals surface area contributed by atoms with Crippen LogP contribution in [0.2, 0.25) is 0 Å². The average molecular weight is 259 g/mol. The highest BCUT2D eigenvalue weighted by Gasteiger charge is 2.44. The summed E-state index contributed by atoms with van der Waals surface area (Å²) in [5, 5.41) is 10.5. The number of rotatable bonds is 2. The molecule has 0 aromatic heterocycles. The molecule has 1 saturated carbocycles. The first kappa shape index (κ1) is 13.1. The summed E-state index contributed by atoms with van der Waals surface area (Å²) >= 11 is 0. The number of aliphatic hydroxyl groups is 1. The smallest absolute Gasteiger partial charge is 0.0746 e. The molecule has 3 rings (SSSR count). The third-order valence-electron chi connectivity index (χ3n) is 5.21. The number of likely N-dealkylation sites (tertiary alicyclic amines) is 1. The molecule has 2 aliphatic rings. The normalized spacial score (nSPS) is 34.8.